The Hall–Kier alpha value is -1.75. The fourth-order valence-corrected chi connectivity index (χ4v) is 2.54. The Morgan fingerprint density at radius 2 is 2.20 bits per heavy atom. The minimum atomic E-state index is -0.457. The molecule has 5 nitrogen and oxygen atoms in total. The first-order valence-electron chi connectivity index (χ1n) is 6.99. The Morgan fingerprint density at radius 3 is 2.70 bits per heavy atom. The number of amides is 1. The van der Waals surface area contributed by atoms with Gasteiger partial charge in [0.25, 0.3) is 0 Å². The van der Waals surface area contributed by atoms with Crippen molar-refractivity contribution in [3.63, 3.8) is 0 Å². The molecule has 0 saturated heterocycles. The van der Waals surface area contributed by atoms with E-state index in [1.54, 1.807) is 19.2 Å². The van der Waals surface area contributed by atoms with Crippen LogP contribution in [0.25, 0.3) is 0 Å². The number of benzene rings is 1. The number of ether oxygens (including phenoxy) is 1. The van der Waals surface area contributed by atoms with E-state index in [9.17, 15) is 4.79 Å². The highest BCUT2D eigenvalue weighted by Crippen LogP contribution is 2.38. The van der Waals surface area contributed by atoms with Gasteiger partial charge in [0, 0.05) is 25.3 Å². The molecule has 1 atom stereocenters. The number of nitrogen functional groups attached to an aromatic ring is 1. The molecule has 1 unspecified atom stereocenters. The Morgan fingerprint density at radius 1 is 1.50 bits per heavy atom. The molecule has 1 aliphatic carbocycles. The lowest BCUT2D eigenvalue weighted by molar-refractivity contribution is 0.100. The Balaban J connectivity index is 2.25. The van der Waals surface area contributed by atoms with Gasteiger partial charge in [-0.1, -0.05) is 0 Å². The number of anilines is 2. The van der Waals surface area contributed by atoms with Gasteiger partial charge in [-0.05, 0) is 43.9 Å². The van der Waals surface area contributed by atoms with Crippen molar-refractivity contribution in [1.29, 1.82) is 0 Å². The number of carbonyl (C=O) groups is 1. The number of primary amides is 1. The molecule has 20 heavy (non-hydrogen) atoms. The van der Waals surface area contributed by atoms with Gasteiger partial charge in [0.2, 0.25) is 5.91 Å². The zero-order valence-corrected chi connectivity index (χ0v) is 12.1. The smallest absolute Gasteiger partial charge is 0.248 e. The van der Waals surface area contributed by atoms with Crippen molar-refractivity contribution in [3.05, 3.63) is 23.8 Å². The lowest BCUT2D eigenvalue weighted by Crippen LogP contribution is -2.37. The van der Waals surface area contributed by atoms with Crippen LogP contribution < -0.4 is 16.4 Å². The molecule has 0 spiro atoms. The maximum Gasteiger partial charge on any atom is 0.248 e. The van der Waals surface area contributed by atoms with Crippen molar-refractivity contribution >= 4 is 17.3 Å². The summed E-state index contributed by atoms with van der Waals surface area (Å²) in [5, 5.41) is 0. The van der Waals surface area contributed by atoms with Gasteiger partial charge in [-0.25, -0.2) is 0 Å². The first kappa shape index (κ1) is 14.7. The van der Waals surface area contributed by atoms with Crippen LogP contribution in [0.1, 0.15) is 30.1 Å². The summed E-state index contributed by atoms with van der Waals surface area (Å²) in [7, 11) is 1.69. The van der Waals surface area contributed by atoms with Crippen molar-refractivity contribution in [3.8, 4) is 0 Å². The van der Waals surface area contributed by atoms with Crippen LogP contribution in [-0.2, 0) is 4.74 Å². The summed E-state index contributed by atoms with van der Waals surface area (Å²) < 4.78 is 5.19. The van der Waals surface area contributed by atoms with Crippen LogP contribution >= 0.6 is 0 Å². The summed E-state index contributed by atoms with van der Waals surface area (Å²) in [5.41, 5.74) is 13.4. The maximum atomic E-state index is 11.2. The maximum absolute atomic E-state index is 11.2. The first-order valence-corrected chi connectivity index (χ1v) is 6.99. The third-order valence-corrected chi connectivity index (χ3v) is 3.95. The van der Waals surface area contributed by atoms with E-state index in [1.807, 2.05) is 6.07 Å². The van der Waals surface area contributed by atoms with E-state index in [2.05, 4.69) is 11.8 Å². The number of rotatable bonds is 7. The summed E-state index contributed by atoms with van der Waals surface area (Å²) in [6.07, 6.45) is 2.54. The number of nitrogens with zero attached hydrogens (tertiary/aromatic N) is 1. The van der Waals surface area contributed by atoms with Crippen LogP contribution in [0.3, 0.4) is 0 Å². The van der Waals surface area contributed by atoms with Crippen LogP contribution in [-0.4, -0.2) is 32.2 Å². The summed E-state index contributed by atoms with van der Waals surface area (Å²) >= 11 is 0. The fraction of sp³-hybridized carbons (Fsp3) is 0.533. The SMILES string of the molecule is COCCN(c1ccc(C(N)=O)cc1N)C(C)C1CC1. The molecule has 0 bridgehead atoms. The van der Waals surface area contributed by atoms with Gasteiger partial charge in [-0.3, -0.25) is 4.79 Å². The molecule has 0 aromatic heterocycles. The minimum absolute atomic E-state index is 0.423. The molecule has 5 heteroatoms. The monoisotopic (exact) mass is 277 g/mol. The molecule has 0 aliphatic heterocycles. The largest absolute Gasteiger partial charge is 0.397 e. The molecule has 110 valence electrons. The van der Waals surface area contributed by atoms with Crippen molar-refractivity contribution in [2.45, 2.75) is 25.8 Å². The zero-order valence-electron chi connectivity index (χ0n) is 12.1. The Bertz CT molecular complexity index is 486. The summed E-state index contributed by atoms with van der Waals surface area (Å²) in [6.45, 7) is 3.65. The predicted octanol–water partition coefficient (Wildman–Crippen LogP) is 1.62. The molecule has 1 saturated carbocycles. The van der Waals surface area contributed by atoms with E-state index < -0.39 is 5.91 Å². The topological polar surface area (TPSA) is 81.6 Å². The van der Waals surface area contributed by atoms with Crippen molar-refractivity contribution in [2.75, 3.05) is 30.9 Å². The number of nitrogens with two attached hydrogens (primary N) is 2. The molecule has 1 amide bonds. The number of carbonyl (C=O) groups excluding carboxylic acids is 1. The molecule has 1 aromatic carbocycles. The van der Waals surface area contributed by atoms with Crippen molar-refractivity contribution in [1.82, 2.24) is 0 Å². The lowest BCUT2D eigenvalue weighted by Gasteiger charge is -2.32. The second-order valence-electron chi connectivity index (χ2n) is 5.40. The summed E-state index contributed by atoms with van der Waals surface area (Å²) in [5.74, 6) is 0.268. The van der Waals surface area contributed by atoms with Gasteiger partial charge in [0.15, 0.2) is 0 Å². The van der Waals surface area contributed by atoms with Crippen LogP contribution in [0.2, 0.25) is 0 Å². The van der Waals surface area contributed by atoms with Gasteiger partial charge in [0.05, 0.1) is 18.0 Å². The average Bonchev–Trinajstić information content (AvgIpc) is 3.24. The predicted molar refractivity (Wildman–Crippen MR) is 80.8 cm³/mol. The molecule has 2 rings (SSSR count). The van der Waals surface area contributed by atoms with Gasteiger partial charge in [-0.2, -0.15) is 0 Å². The number of hydrogen-bond donors (Lipinski definition) is 2. The standard InChI is InChI=1S/C15H23N3O2/c1-10(11-3-4-11)18(7-8-20-2)14-6-5-12(15(17)19)9-13(14)16/h5-6,9-11H,3-4,7-8,16H2,1-2H3,(H2,17,19). The summed E-state index contributed by atoms with van der Waals surface area (Å²) in [6, 6.07) is 5.68. The van der Waals surface area contributed by atoms with Gasteiger partial charge >= 0.3 is 0 Å². The van der Waals surface area contributed by atoms with Crippen LogP contribution in [0.15, 0.2) is 18.2 Å². The van der Waals surface area contributed by atoms with Crippen molar-refractivity contribution < 1.29 is 9.53 Å². The number of hydrogen-bond acceptors (Lipinski definition) is 4. The van der Waals surface area contributed by atoms with Crippen LogP contribution in [0, 0.1) is 5.92 Å². The zero-order chi connectivity index (χ0) is 14.7. The van der Waals surface area contributed by atoms with Gasteiger partial charge in [0.1, 0.15) is 0 Å². The lowest BCUT2D eigenvalue weighted by atomic mass is 10.1. The molecular weight excluding hydrogens is 254 g/mol. The van der Waals surface area contributed by atoms with E-state index >= 15 is 0 Å². The minimum Gasteiger partial charge on any atom is -0.397 e. The molecule has 0 heterocycles. The van der Waals surface area contributed by atoms with E-state index in [4.69, 9.17) is 16.2 Å². The molecule has 1 aliphatic rings. The normalized spacial score (nSPS) is 15.9. The first-order chi connectivity index (χ1) is 9.54. The third-order valence-electron chi connectivity index (χ3n) is 3.95. The highest BCUT2D eigenvalue weighted by atomic mass is 16.5. The Kier molecular flexibility index (Phi) is 4.49. The highest BCUT2D eigenvalue weighted by molar-refractivity contribution is 5.94. The molecule has 1 fully saturated rings. The van der Waals surface area contributed by atoms with Crippen molar-refractivity contribution in [2.24, 2.45) is 11.7 Å². The average molecular weight is 277 g/mol. The van der Waals surface area contributed by atoms with Gasteiger partial charge < -0.3 is 21.1 Å². The van der Waals surface area contributed by atoms with E-state index in [1.165, 1.54) is 12.8 Å². The second-order valence-corrected chi connectivity index (χ2v) is 5.40. The van der Waals surface area contributed by atoms with Crippen LogP contribution in [0.4, 0.5) is 11.4 Å². The molecule has 1 aromatic rings. The van der Waals surface area contributed by atoms with Crippen LogP contribution in [0.5, 0.6) is 0 Å². The Labute approximate surface area is 119 Å². The summed E-state index contributed by atoms with van der Waals surface area (Å²) in [4.78, 5) is 13.5. The number of methoxy groups -OCH3 is 1. The quantitative estimate of drug-likeness (QED) is 0.742. The second kappa shape index (κ2) is 6.13. The van der Waals surface area contributed by atoms with E-state index in [0.717, 1.165) is 18.2 Å². The van der Waals surface area contributed by atoms with Gasteiger partial charge in [-0.15, -0.1) is 0 Å². The fourth-order valence-electron chi connectivity index (χ4n) is 2.54. The molecular formula is C15H23N3O2. The van der Waals surface area contributed by atoms with E-state index in [0.29, 0.717) is 23.9 Å². The molecule has 4 N–H and O–H groups in total. The highest BCUT2D eigenvalue weighted by Gasteiger charge is 2.32. The van der Waals surface area contributed by atoms with E-state index in [-0.39, 0.29) is 0 Å². The third kappa shape index (κ3) is 3.22. The molecule has 0 radical (unpaired) electrons.